The van der Waals surface area contributed by atoms with Gasteiger partial charge in [-0.05, 0) is 6.42 Å². The van der Waals surface area contributed by atoms with E-state index in [2.05, 4.69) is 0 Å². The van der Waals surface area contributed by atoms with Gasteiger partial charge >= 0.3 is 0 Å². The van der Waals surface area contributed by atoms with Gasteiger partial charge in [0.15, 0.2) is 0 Å². The molecule has 3 heteroatoms. The summed E-state index contributed by atoms with van der Waals surface area (Å²) < 4.78 is 24.3. The van der Waals surface area contributed by atoms with Gasteiger partial charge in [-0.3, -0.25) is 0 Å². The van der Waals surface area contributed by atoms with E-state index < -0.39 is 11.8 Å². The molecule has 1 atom stereocenters. The Morgan fingerprint density at radius 1 is 1.67 bits per heavy atom. The molecule has 0 aliphatic rings. The summed E-state index contributed by atoms with van der Waals surface area (Å²) in [6.45, 7) is 2.34. The van der Waals surface area contributed by atoms with Gasteiger partial charge in [-0.25, -0.2) is 8.78 Å². The first kappa shape index (κ1) is 8.35. The van der Waals surface area contributed by atoms with Gasteiger partial charge in [0.25, 0.3) is 5.92 Å². The average molecular weight is 133 g/mol. The molecule has 0 heterocycles. The zero-order chi connectivity index (χ0) is 7.49. The first-order valence-corrected chi connectivity index (χ1v) is 2.79. The predicted octanol–water partition coefficient (Wildman–Crippen LogP) is 2.19. The lowest BCUT2D eigenvalue weighted by Crippen LogP contribution is -2.21. The highest BCUT2D eigenvalue weighted by Gasteiger charge is 2.32. The summed E-state index contributed by atoms with van der Waals surface area (Å²) in [6.07, 6.45) is 0.208. The lowest BCUT2D eigenvalue weighted by molar-refractivity contribution is -0.0190. The van der Waals surface area contributed by atoms with Crippen molar-refractivity contribution in [3.05, 3.63) is 0 Å². The summed E-state index contributed by atoms with van der Waals surface area (Å²) >= 11 is 0. The molecule has 0 N–H and O–H groups in total. The molecular formula is C6H9F2N. The van der Waals surface area contributed by atoms with Gasteiger partial charge in [0.1, 0.15) is 5.92 Å². The van der Waals surface area contributed by atoms with Crippen LogP contribution in [0.15, 0.2) is 0 Å². The number of hydrogen-bond donors (Lipinski definition) is 0. The fourth-order valence-corrected chi connectivity index (χ4v) is 0.563. The Bertz CT molecular complexity index is 120. The van der Waals surface area contributed by atoms with Crippen LogP contribution in [0.3, 0.4) is 0 Å². The number of halogens is 2. The predicted molar refractivity (Wildman–Crippen MR) is 30.0 cm³/mol. The van der Waals surface area contributed by atoms with Crippen molar-refractivity contribution in [2.75, 3.05) is 0 Å². The summed E-state index contributed by atoms with van der Waals surface area (Å²) in [4.78, 5) is 0. The van der Waals surface area contributed by atoms with Crippen LogP contribution in [0.2, 0.25) is 0 Å². The van der Waals surface area contributed by atoms with E-state index in [1.807, 2.05) is 0 Å². The van der Waals surface area contributed by atoms with Crippen LogP contribution < -0.4 is 0 Å². The van der Waals surface area contributed by atoms with Crippen molar-refractivity contribution in [2.24, 2.45) is 5.92 Å². The third kappa shape index (κ3) is 2.41. The van der Waals surface area contributed by atoms with E-state index >= 15 is 0 Å². The minimum absolute atomic E-state index is 0.208. The van der Waals surface area contributed by atoms with Crippen LogP contribution in [0.4, 0.5) is 8.78 Å². The van der Waals surface area contributed by atoms with Crippen LogP contribution in [-0.4, -0.2) is 5.92 Å². The summed E-state index contributed by atoms with van der Waals surface area (Å²) in [5, 5.41) is 8.13. The van der Waals surface area contributed by atoms with Crippen LogP contribution in [0.1, 0.15) is 20.3 Å². The fraction of sp³-hybridized carbons (Fsp3) is 0.833. The van der Waals surface area contributed by atoms with Gasteiger partial charge in [-0.15, -0.1) is 0 Å². The average Bonchev–Trinajstić information content (AvgIpc) is 1.65. The highest BCUT2D eigenvalue weighted by atomic mass is 19.3. The topological polar surface area (TPSA) is 23.8 Å². The van der Waals surface area contributed by atoms with Crippen molar-refractivity contribution in [3.8, 4) is 6.07 Å². The Labute approximate surface area is 53.3 Å². The third-order valence-corrected chi connectivity index (χ3v) is 1.18. The molecule has 0 aliphatic heterocycles. The zero-order valence-corrected chi connectivity index (χ0v) is 5.49. The molecule has 0 aromatic carbocycles. The maximum Gasteiger partial charge on any atom is 0.260 e. The molecule has 1 nitrogen and oxygen atoms in total. The maximum atomic E-state index is 12.2. The Morgan fingerprint density at radius 3 is 2.11 bits per heavy atom. The first-order valence-electron chi connectivity index (χ1n) is 2.79. The van der Waals surface area contributed by atoms with E-state index in [0.29, 0.717) is 0 Å². The molecule has 0 aliphatic carbocycles. The van der Waals surface area contributed by atoms with Gasteiger partial charge in [-0.1, -0.05) is 6.92 Å². The molecule has 0 fully saturated rings. The van der Waals surface area contributed by atoms with Gasteiger partial charge in [0.2, 0.25) is 0 Å². The Kier molecular flexibility index (Phi) is 2.57. The Balaban J connectivity index is 4.00. The van der Waals surface area contributed by atoms with E-state index in [4.69, 9.17) is 5.26 Å². The van der Waals surface area contributed by atoms with E-state index in [1.54, 1.807) is 13.0 Å². The number of rotatable bonds is 2. The minimum atomic E-state index is -2.84. The monoisotopic (exact) mass is 133 g/mol. The van der Waals surface area contributed by atoms with Crippen LogP contribution in [-0.2, 0) is 0 Å². The third-order valence-electron chi connectivity index (χ3n) is 1.18. The van der Waals surface area contributed by atoms with Crippen molar-refractivity contribution >= 4 is 0 Å². The number of nitrogens with zero attached hydrogens (tertiary/aromatic N) is 1. The molecule has 0 spiro atoms. The second kappa shape index (κ2) is 2.77. The summed E-state index contributed by atoms with van der Waals surface area (Å²) in [5.41, 5.74) is 0. The van der Waals surface area contributed by atoms with Crippen molar-refractivity contribution in [3.63, 3.8) is 0 Å². The zero-order valence-electron chi connectivity index (χ0n) is 5.49. The van der Waals surface area contributed by atoms with E-state index in [1.165, 1.54) is 0 Å². The van der Waals surface area contributed by atoms with E-state index in [-0.39, 0.29) is 6.42 Å². The number of alkyl halides is 2. The highest BCUT2D eigenvalue weighted by Crippen LogP contribution is 2.25. The SMILES string of the molecule is CCC(C#N)C(C)(F)F. The fourth-order valence-electron chi connectivity index (χ4n) is 0.563. The molecule has 52 valence electrons. The van der Waals surface area contributed by atoms with Gasteiger partial charge in [0.05, 0.1) is 6.07 Å². The van der Waals surface area contributed by atoms with Crippen LogP contribution in [0.5, 0.6) is 0 Å². The normalized spacial score (nSPS) is 14.6. The molecule has 0 rings (SSSR count). The quantitative estimate of drug-likeness (QED) is 0.566. The lowest BCUT2D eigenvalue weighted by atomic mass is 10.0. The molecule has 0 amide bonds. The van der Waals surface area contributed by atoms with E-state index in [9.17, 15) is 8.78 Å². The van der Waals surface area contributed by atoms with E-state index in [0.717, 1.165) is 6.92 Å². The molecule has 0 radical (unpaired) electrons. The van der Waals surface area contributed by atoms with Gasteiger partial charge in [0, 0.05) is 6.92 Å². The minimum Gasteiger partial charge on any atom is -0.206 e. The molecule has 0 aromatic rings. The number of nitriles is 1. The Hall–Kier alpha value is -0.650. The molecule has 1 unspecified atom stereocenters. The summed E-state index contributed by atoms with van der Waals surface area (Å²) in [7, 11) is 0. The second-order valence-electron chi connectivity index (χ2n) is 2.05. The van der Waals surface area contributed by atoms with Crippen LogP contribution in [0.25, 0.3) is 0 Å². The molecular weight excluding hydrogens is 124 g/mol. The van der Waals surface area contributed by atoms with Crippen molar-refractivity contribution in [1.82, 2.24) is 0 Å². The van der Waals surface area contributed by atoms with Crippen molar-refractivity contribution in [1.29, 1.82) is 5.26 Å². The lowest BCUT2D eigenvalue weighted by Gasteiger charge is -2.13. The second-order valence-corrected chi connectivity index (χ2v) is 2.05. The van der Waals surface area contributed by atoms with Gasteiger partial charge < -0.3 is 0 Å². The van der Waals surface area contributed by atoms with Crippen molar-refractivity contribution in [2.45, 2.75) is 26.2 Å². The maximum absolute atomic E-state index is 12.2. The Morgan fingerprint density at radius 2 is 2.11 bits per heavy atom. The molecule has 9 heavy (non-hydrogen) atoms. The van der Waals surface area contributed by atoms with Gasteiger partial charge in [-0.2, -0.15) is 5.26 Å². The smallest absolute Gasteiger partial charge is 0.206 e. The first-order chi connectivity index (χ1) is 4.02. The molecule has 0 saturated heterocycles. The summed E-state index contributed by atoms with van der Waals surface area (Å²) in [5.74, 6) is -3.97. The largest absolute Gasteiger partial charge is 0.260 e. The van der Waals surface area contributed by atoms with Crippen LogP contribution in [0, 0.1) is 17.2 Å². The molecule has 0 saturated carbocycles. The standard InChI is InChI=1S/C6H9F2N/c1-3-5(4-9)6(2,7)8/h5H,3H2,1-2H3. The van der Waals surface area contributed by atoms with Crippen LogP contribution >= 0.6 is 0 Å². The molecule has 0 bridgehead atoms. The summed E-state index contributed by atoms with van der Waals surface area (Å²) in [6, 6.07) is 1.54. The molecule has 0 aromatic heterocycles. The number of hydrogen-bond acceptors (Lipinski definition) is 1. The van der Waals surface area contributed by atoms with Crippen molar-refractivity contribution < 1.29 is 8.78 Å². The highest BCUT2D eigenvalue weighted by molar-refractivity contribution is 4.89.